The number of benzene rings is 2. The molecule has 0 saturated heterocycles. The topological polar surface area (TPSA) is 80.7 Å². The average molecular weight is 282 g/mol. The molecule has 0 heterocycles. The van der Waals surface area contributed by atoms with Crippen molar-refractivity contribution in [1.29, 1.82) is 0 Å². The standard InChI is InChI=1S/C16H10O5/c1-8(17)21-12-7-6-11-13(16(12)20)15(19)10-5-3-2-4-9(10)14(11)18/h2-7,20H,1H3. The molecule has 0 unspecified atom stereocenters. The van der Waals surface area contributed by atoms with Gasteiger partial charge in [-0.05, 0) is 12.1 Å². The van der Waals surface area contributed by atoms with Crippen LogP contribution < -0.4 is 4.74 Å². The van der Waals surface area contributed by atoms with E-state index in [1.807, 2.05) is 0 Å². The summed E-state index contributed by atoms with van der Waals surface area (Å²) in [4.78, 5) is 35.8. The lowest BCUT2D eigenvalue weighted by Crippen LogP contribution is -2.21. The summed E-state index contributed by atoms with van der Waals surface area (Å²) in [6.07, 6.45) is 0. The molecule has 0 radical (unpaired) electrons. The van der Waals surface area contributed by atoms with Crippen molar-refractivity contribution in [2.24, 2.45) is 0 Å². The second kappa shape index (κ2) is 4.56. The van der Waals surface area contributed by atoms with Crippen LogP contribution in [0.1, 0.15) is 38.8 Å². The van der Waals surface area contributed by atoms with Gasteiger partial charge in [0, 0.05) is 23.6 Å². The molecule has 0 amide bonds. The van der Waals surface area contributed by atoms with E-state index in [0.717, 1.165) is 0 Å². The fourth-order valence-electron chi connectivity index (χ4n) is 2.39. The molecule has 104 valence electrons. The zero-order valence-corrected chi connectivity index (χ0v) is 11.0. The number of rotatable bonds is 1. The summed E-state index contributed by atoms with van der Waals surface area (Å²) in [6, 6.07) is 9.08. The van der Waals surface area contributed by atoms with Crippen molar-refractivity contribution in [2.75, 3.05) is 0 Å². The lowest BCUT2D eigenvalue weighted by atomic mass is 9.83. The van der Waals surface area contributed by atoms with Crippen molar-refractivity contribution in [1.82, 2.24) is 0 Å². The molecule has 3 rings (SSSR count). The van der Waals surface area contributed by atoms with Crippen LogP contribution in [-0.4, -0.2) is 22.6 Å². The van der Waals surface area contributed by atoms with E-state index in [1.165, 1.54) is 25.1 Å². The van der Waals surface area contributed by atoms with Gasteiger partial charge in [0.25, 0.3) is 0 Å². The summed E-state index contributed by atoms with van der Waals surface area (Å²) >= 11 is 0. The van der Waals surface area contributed by atoms with Crippen LogP contribution in [0.4, 0.5) is 0 Å². The van der Waals surface area contributed by atoms with Crippen LogP contribution in [0.2, 0.25) is 0 Å². The molecule has 1 aliphatic carbocycles. The molecule has 21 heavy (non-hydrogen) atoms. The molecular weight excluding hydrogens is 272 g/mol. The van der Waals surface area contributed by atoms with Gasteiger partial charge in [-0.2, -0.15) is 0 Å². The first-order valence-corrected chi connectivity index (χ1v) is 6.23. The Morgan fingerprint density at radius 1 is 0.952 bits per heavy atom. The number of phenols is 1. The maximum atomic E-state index is 12.5. The number of carbonyl (C=O) groups is 3. The lowest BCUT2D eigenvalue weighted by molar-refractivity contribution is -0.132. The van der Waals surface area contributed by atoms with Gasteiger partial charge in [0.15, 0.2) is 23.1 Å². The van der Waals surface area contributed by atoms with Crippen molar-refractivity contribution < 1.29 is 24.2 Å². The maximum Gasteiger partial charge on any atom is 0.308 e. The zero-order valence-electron chi connectivity index (χ0n) is 11.0. The van der Waals surface area contributed by atoms with E-state index >= 15 is 0 Å². The van der Waals surface area contributed by atoms with Gasteiger partial charge in [-0.25, -0.2) is 0 Å². The van der Waals surface area contributed by atoms with Crippen molar-refractivity contribution in [2.45, 2.75) is 6.92 Å². The van der Waals surface area contributed by atoms with Crippen molar-refractivity contribution in [3.63, 3.8) is 0 Å². The predicted molar refractivity (Wildman–Crippen MR) is 72.7 cm³/mol. The third-order valence-electron chi connectivity index (χ3n) is 3.28. The molecule has 0 atom stereocenters. The molecule has 2 aromatic rings. The van der Waals surface area contributed by atoms with Crippen molar-refractivity contribution >= 4 is 17.5 Å². The van der Waals surface area contributed by atoms with E-state index in [4.69, 9.17) is 4.74 Å². The number of ether oxygens (including phenoxy) is 1. The van der Waals surface area contributed by atoms with Crippen LogP contribution in [0.25, 0.3) is 0 Å². The number of phenolic OH excluding ortho intramolecular Hbond substituents is 1. The van der Waals surface area contributed by atoms with Crippen LogP contribution in [0.5, 0.6) is 11.5 Å². The van der Waals surface area contributed by atoms with Gasteiger partial charge >= 0.3 is 5.97 Å². The highest BCUT2D eigenvalue weighted by Gasteiger charge is 2.33. The van der Waals surface area contributed by atoms with E-state index < -0.39 is 17.5 Å². The fourth-order valence-corrected chi connectivity index (χ4v) is 2.39. The zero-order chi connectivity index (χ0) is 15.1. The number of hydrogen-bond donors (Lipinski definition) is 1. The molecule has 0 aromatic heterocycles. The third-order valence-corrected chi connectivity index (χ3v) is 3.28. The number of aromatic hydroxyl groups is 1. The number of hydrogen-bond acceptors (Lipinski definition) is 5. The van der Waals surface area contributed by atoms with Gasteiger partial charge in [-0.3, -0.25) is 14.4 Å². The maximum absolute atomic E-state index is 12.5. The Hall–Kier alpha value is -2.95. The summed E-state index contributed by atoms with van der Waals surface area (Å²) in [7, 11) is 0. The molecule has 0 spiro atoms. The quantitative estimate of drug-likeness (QED) is 0.546. The minimum atomic E-state index is -0.625. The van der Waals surface area contributed by atoms with Crippen LogP contribution in [-0.2, 0) is 4.79 Å². The van der Waals surface area contributed by atoms with Gasteiger partial charge in [0.2, 0.25) is 0 Å². The first kappa shape index (κ1) is 13.1. The Bertz CT molecular complexity index is 804. The van der Waals surface area contributed by atoms with Crippen LogP contribution in [0.15, 0.2) is 36.4 Å². The van der Waals surface area contributed by atoms with Gasteiger partial charge in [-0.1, -0.05) is 24.3 Å². The highest BCUT2D eigenvalue weighted by atomic mass is 16.5. The Morgan fingerprint density at radius 3 is 2.19 bits per heavy atom. The first-order chi connectivity index (χ1) is 10.0. The minimum Gasteiger partial charge on any atom is -0.504 e. The van der Waals surface area contributed by atoms with Gasteiger partial charge < -0.3 is 9.84 Å². The van der Waals surface area contributed by atoms with Crippen LogP contribution in [0.3, 0.4) is 0 Å². The first-order valence-electron chi connectivity index (χ1n) is 6.23. The normalized spacial score (nSPS) is 12.6. The molecule has 1 aliphatic rings. The SMILES string of the molecule is CC(=O)Oc1ccc2c(c1O)C(=O)c1ccccc1C2=O. The molecule has 0 fully saturated rings. The van der Waals surface area contributed by atoms with E-state index in [0.29, 0.717) is 5.56 Å². The molecule has 5 heteroatoms. The van der Waals surface area contributed by atoms with Crippen molar-refractivity contribution in [3.8, 4) is 11.5 Å². The largest absolute Gasteiger partial charge is 0.504 e. The van der Waals surface area contributed by atoms with E-state index in [9.17, 15) is 19.5 Å². The molecule has 0 bridgehead atoms. The van der Waals surface area contributed by atoms with E-state index in [1.54, 1.807) is 18.2 Å². The molecule has 5 nitrogen and oxygen atoms in total. The average Bonchev–Trinajstić information content (AvgIpc) is 2.46. The monoisotopic (exact) mass is 282 g/mol. The Morgan fingerprint density at radius 2 is 1.57 bits per heavy atom. The van der Waals surface area contributed by atoms with Crippen molar-refractivity contribution in [3.05, 3.63) is 58.7 Å². The molecule has 0 saturated carbocycles. The number of carbonyl (C=O) groups excluding carboxylic acids is 3. The predicted octanol–water partition coefficient (Wildman–Crippen LogP) is 2.09. The minimum absolute atomic E-state index is 0.104. The molecular formula is C16H10O5. The summed E-state index contributed by atoms with van der Waals surface area (Å²) < 4.78 is 4.83. The summed E-state index contributed by atoms with van der Waals surface area (Å²) in [5.41, 5.74) is 0.504. The summed E-state index contributed by atoms with van der Waals surface area (Å²) in [6.45, 7) is 1.18. The highest BCUT2D eigenvalue weighted by Crippen LogP contribution is 2.38. The second-order valence-electron chi connectivity index (χ2n) is 4.63. The van der Waals surface area contributed by atoms with Crippen LogP contribution in [0, 0.1) is 0 Å². The Balaban J connectivity index is 2.24. The highest BCUT2D eigenvalue weighted by molar-refractivity contribution is 6.29. The Labute approximate surface area is 119 Å². The Kier molecular flexibility index (Phi) is 2.83. The van der Waals surface area contributed by atoms with Crippen LogP contribution >= 0.6 is 0 Å². The third kappa shape index (κ3) is 1.90. The number of esters is 1. The fraction of sp³-hybridized carbons (Fsp3) is 0.0625. The second-order valence-corrected chi connectivity index (χ2v) is 4.63. The molecule has 0 aliphatic heterocycles. The van der Waals surface area contributed by atoms with E-state index in [-0.39, 0.29) is 28.2 Å². The lowest BCUT2D eigenvalue weighted by Gasteiger charge is -2.19. The number of ketones is 2. The summed E-state index contributed by atoms with van der Waals surface area (Å²) in [5.74, 6) is -2.06. The number of fused-ring (bicyclic) bond motifs is 2. The van der Waals surface area contributed by atoms with E-state index in [2.05, 4.69) is 0 Å². The van der Waals surface area contributed by atoms with Gasteiger partial charge in [0.05, 0.1) is 5.56 Å². The molecule has 1 N–H and O–H groups in total. The molecule has 2 aromatic carbocycles. The van der Waals surface area contributed by atoms with Gasteiger partial charge in [-0.15, -0.1) is 0 Å². The smallest absolute Gasteiger partial charge is 0.308 e. The van der Waals surface area contributed by atoms with Gasteiger partial charge in [0.1, 0.15) is 0 Å². The summed E-state index contributed by atoms with van der Waals surface area (Å²) in [5, 5.41) is 10.1.